The number of hydrogen-bond donors (Lipinski definition) is 1. The second kappa shape index (κ2) is 6.76. The second-order valence-electron chi connectivity index (χ2n) is 5.47. The van der Waals surface area contributed by atoms with E-state index >= 15 is 0 Å². The average Bonchev–Trinajstić information content (AvgIpc) is 2.44. The maximum absolute atomic E-state index is 5.51. The van der Waals surface area contributed by atoms with Crippen LogP contribution in [0.5, 0.6) is 5.75 Å². The van der Waals surface area contributed by atoms with Crippen molar-refractivity contribution >= 4 is 0 Å². The van der Waals surface area contributed by atoms with E-state index in [4.69, 9.17) is 4.74 Å². The molecule has 3 atom stereocenters. The summed E-state index contributed by atoms with van der Waals surface area (Å²) in [6.45, 7) is 7.17. The minimum Gasteiger partial charge on any atom is -0.494 e. The molecule has 0 fully saturated rings. The number of ether oxygens (including phenoxy) is 1. The molecule has 0 aromatic heterocycles. The topological polar surface area (TPSA) is 21.3 Å². The molecule has 1 aliphatic rings. The Bertz CT molecular complexity index is 487. The third-order valence-electron chi connectivity index (χ3n) is 3.96. The molecule has 1 aliphatic carbocycles. The molecule has 1 aromatic rings. The lowest BCUT2D eigenvalue weighted by Gasteiger charge is -2.31. The van der Waals surface area contributed by atoms with Crippen molar-refractivity contribution in [1.82, 2.24) is 5.32 Å². The quantitative estimate of drug-likeness (QED) is 0.870. The van der Waals surface area contributed by atoms with E-state index in [1.54, 1.807) is 0 Å². The van der Waals surface area contributed by atoms with Crippen LogP contribution in [0.1, 0.15) is 32.4 Å². The summed E-state index contributed by atoms with van der Waals surface area (Å²) in [6.07, 6.45) is 6.91. The maximum Gasteiger partial charge on any atom is 0.119 e. The van der Waals surface area contributed by atoms with Crippen molar-refractivity contribution in [3.8, 4) is 5.75 Å². The molecule has 2 heteroatoms. The highest BCUT2D eigenvalue weighted by Crippen LogP contribution is 2.34. The van der Waals surface area contributed by atoms with Gasteiger partial charge in [0.15, 0.2) is 0 Å². The summed E-state index contributed by atoms with van der Waals surface area (Å²) in [5, 5.41) is 3.46. The highest BCUT2D eigenvalue weighted by atomic mass is 16.5. The van der Waals surface area contributed by atoms with Crippen LogP contribution in [0.4, 0.5) is 0 Å². The van der Waals surface area contributed by atoms with E-state index in [1.807, 2.05) is 14.0 Å². The van der Waals surface area contributed by atoms with E-state index in [9.17, 15) is 0 Å². The summed E-state index contributed by atoms with van der Waals surface area (Å²) < 4.78 is 5.51. The fraction of sp³-hybridized carbons (Fsp3) is 0.444. The van der Waals surface area contributed by atoms with Crippen LogP contribution in [-0.2, 0) is 0 Å². The van der Waals surface area contributed by atoms with Crippen molar-refractivity contribution < 1.29 is 4.74 Å². The van der Waals surface area contributed by atoms with Gasteiger partial charge < -0.3 is 10.1 Å². The molecule has 2 nitrogen and oxygen atoms in total. The van der Waals surface area contributed by atoms with Gasteiger partial charge in [-0.05, 0) is 44.5 Å². The molecular formula is C18H25NO. The van der Waals surface area contributed by atoms with Gasteiger partial charge in [-0.15, -0.1) is 0 Å². The van der Waals surface area contributed by atoms with Crippen molar-refractivity contribution in [2.75, 3.05) is 13.7 Å². The van der Waals surface area contributed by atoms with E-state index < -0.39 is 0 Å². The summed E-state index contributed by atoms with van der Waals surface area (Å²) in [4.78, 5) is 0. The minimum absolute atomic E-state index is 0.335. The Morgan fingerprint density at radius 1 is 1.25 bits per heavy atom. The Hall–Kier alpha value is -1.54. The van der Waals surface area contributed by atoms with Gasteiger partial charge >= 0.3 is 0 Å². The number of nitrogens with one attached hydrogen (secondary N) is 1. The second-order valence-corrected chi connectivity index (χ2v) is 5.47. The molecule has 108 valence electrons. The van der Waals surface area contributed by atoms with Gasteiger partial charge in [0.05, 0.1) is 6.61 Å². The van der Waals surface area contributed by atoms with Gasteiger partial charge in [0.25, 0.3) is 0 Å². The molecule has 0 radical (unpaired) electrons. The molecule has 1 aromatic carbocycles. The van der Waals surface area contributed by atoms with Crippen molar-refractivity contribution in [1.29, 1.82) is 0 Å². The predicted molar refractivity (Wildman–Crippen MR) is 85.0 cm³/mol. The normalized spacial score (nSPS) is 23.3. The number of hydrogen-bond acceptors (Lipinski definition) is 2. The van der Waals surface area contributed by atoms with Gasteiger partial charge in [0, 0.05) is 12.0 Å². The van der Waals surface area contributed by atoms with Crippen LogP contribution in [0.25, 0.3) is 0 Å². The van der Waals surface area contributed by atoms with E-state index in [0.717, 1.165) is 5.75 Å². The number of benzene rings is 1. The first-order chi connectivity index (χ1) is 9.65. The van der Waals surface area contributed by atoms with Gasteiger partial charge in [-0.25, -0.2) is 0 Å². The first-order valence-electron chi connectivity index (χ1n) is 7.42. The van der Waals surface area contributed by atoms with E-state index in [2.05, 4.69) is 61.7 Å². The lowest BCUT2D eigenvalue weighted by atomic mass is 9.80. The standard InChI is InChI=1S/C18H25NO/c1-5-20-16-9-7-15(8-10-16)18(19-4)17-11-6-13(2)12-14(17)3/h6-12,14,17-19H,5H2,1-4H3. The lowest BCUT2D eigenvalue weighted by Crippen LogP contribution is -2.28. The smallest absolute Gasteiger partial charge is 0.119 e. The van der Waals surface area contributed by atoms with Crippen LogP contribution in [0.3, 0.4) is 0 Å². The highest BCUT2D eigenvalue weighted by molar-refractivity contribution is 5.32. The molecule has 0 bridgehead atoms. The molecule has 0 spiro atoms. The van der Waals surface area contributed by atoms with Crippen molar-refractivity contribution in [3.05, 3.63) is 53.6 Å². The summed E-state index contributed by atoms with van der Waals surface area (Å²) in [5.74, 6) is 1.97. The summed E-state index contributed by atoms with van der Waals surface area (Å²) in [7, 11) is 2.03. The van der Waals surface area contributed by atoms with Crippen LogP contribution in [0.15, 0.2) is 48.1 Å². The number of rotatable bonds is 5. The molecule has 0 aliphatic heterocycles. The zero-order valence-corrected chi connectivity index (χ0v) is 12.9. The van der Waals surface area contributed by atoms with Crippen LogP contribution < -0.4 is 10.1 Å². The van der Waals surface area contributed by atoms with Crippen molar-refractivity contribution in [2.24, 2.45) is 11.8 Å². The predicted octanol–water partition coefficient (Wildman–Crippen LogP) is 4.11. The Labute approximate surface area is 122 Å². The zero-order chi connectivity index (χ0) is 14.5. The minimum atomic E-state index is 0.335. The third-order valence-corrected chi connectivity index (χ3v) is 3.96. The zero-order valence-electron chi connectivity index (χ0n) is 12.9. The molecule has 0 saturated heterocycles. The fourth-order valence-electron chi connectivity index (χ4n) is 2.95. The van der Waals surface area contributed by atoms with Crippen LogP contribution in [-0.4, -0.2) is 13.7 Å². The van der Waals surface area contributed by atoms with E-state index in [1.165, 1.54) is 11.1 Å². The molecule has 0 saturated carbocycles. The monoisotopic (exact) mass is 271 g/mol. The maximum atomic E-state index is 5.51. The largest absolute Gasteiger partial charge is 0.494 e. The molecule has 2 rings (SSSR count). The number of allylic oxidation sites excluding steroid dienone is 3. The van der Waals surface area contributed by atoms with Gasteiger partial charge in [0.2, 0.25) is 0 Å². The van der Waals surface area contributed by atoms with Crippen molar-refractivity contribution in [2.45, 2.75) is 26.8 Å². The third kappa shape index (κ3) is 3.31. The van der Waals surface area contributed by atoms with E-state index in [0.29, 0.717) is 24.5 Å². The SMILES string of the molecule is CCOc1ccc(C(NC)C2C=CC(C)=CC2C)cc1. The average molecular weight is 271 g/mol. The van der Waals surface area contributed by atoms with Gasteiger partial charge in [0.1, 0.15) is 5.75 Å². The summed E-state index contributed by atoms with van der Waals surface area (Å²) in [6, 6.07) is 8.78. The Kier molecular flexibility index (Phi) is 5.02. The van der Waals surface area contributed by atoms with E-state index in [-0.39, 0.29) is 0 Å². The van der Waals surface area contributed by atoms with Crippen LogP contribution >= 0.6 is 0 Å². The molecule has 1 N–H and O–H groups in total. The molecule has 0 amide bonds. The van der Waals surface area contributed by atoms with Crippen molar-refractivity contribution in [3.63, 3.8) is 0 Å². The lowest BCUT2D eigenvalue weighted by molar-refractivity contribution is 0.339. The fourth-order valence-corrected chi connectivity index (χ4v) is 2.95. The molecular weight excluding hydrogens is 246 g/mol. The summed E-state index contributed by atoms with van der Waals surface area (Å²) >= 11 is 0. The Balaban J connectivity index is 2.18. The Morgan fingerprint density at radius 2 is 1.95 bits per heavy atom. The molecule has 0 heterocycles. The highest BCUT2D eigenvalue weighted by Gasteiger charge is 2.25. The van der Waals surface area contributed by atoms with Gasteiger partial charge in [-0.1, -0.05) is 42.9 Å². The van der Waals surface area contributed by atoms with Gasteiger partial charge in [-0.3, -0.25) is 0 Å². The molecule has 3 unspecified atom stereocenters. The Morgan fingerprint density at radius 3 is 2.50 bits per heavy atom. The van der Waals surface area contributed by atoms with Crippen LogP contribution in [0.2, 0.25) is 0 Å². The van der Waals surface area contributed by atoms with Crippen LogP contribution in [0, 0.1) is 11.8 Å². The first-order valence-corrected chi connectivity index (χ1v) is 7.42. The first kappa shape index (κ1) is 14.9. The van der Waals surface area contributed by atoms with Gasteiger partial charge in [-0.2, -0.15) is 0 Å². The molecule has 20 heavy (non-hydrogen) atoms. The summed E-state index contributed by atoms with van der Waals surface area (Å²) in [5.41, 5.74) is 2.67.